The molecule has 1 aromatic heterocycles. The lowest BCUT2D eigenvalue weighted by molar-refractivity contribution is -0.114. The normalized spacial score (nSPS) is 27.3. The molecule has 41 heavy (non-hydrogen) atoms. The van der Waals surface area contributed by atoms with Crippen LogP contribution in [0.25, 0.3) is 12.2 Å². The number of aliphatic imine (C=N–C) groups is 1. The smallest absolute Gasteiger partial charge is 0.251 e. The molecule has 2 saturated heterocycles. The van der Waals surface area contributed by atoms with Crippen molar-refractivity contribution in [2.75, 3.05) is 32.8 Å². The van der Waals surface area contributed by atoms with Crippen LogP contribution in [0.3, 0.4) is 0 Å². The van der Waals surface area contributed by atoms with Gasteiger partial charge < -0.3 is 25.4 Å². The van der Waals surface area contributed by atoms with E-state index in [4.69, 9.17) is 9.73 Å². The van der Waals surface area contributed by atoms with E-state index in [0.29, 0.717) is 43.5 Å². The maximum Gasteiger partial charge on any atom is 0.251 e. The first-order chi connectivity index (χ1) is 19.9. The third-order valence-electron chi connectivity index (χ3n) is 8.38. The molecule has 4 aliphatic rings. The van der Waals surface area contributed by atoms with Crippen molar-refractivity contribution in [1.29, 1.82) is 0 Å². The van der Waals surface area contributed by atoms with E-state index in [2.05, 4.69) is 45.7 Å². The number of piperidine rings is 1. The van der Waals surface area contributed by atoms with Gasteiger partial charge in [-0.2, -0.15) is 0 Å². The molecule has 1 amide bonds. The molecule has 10 heteroatoms. The number of rotatable bonds is 8. The van der Waals surface area contributed by atoms with Gasteiger partial charge in [0.25, 0.3) is 5.91 Å². The van der Waals surface area contributed by atoms with Crippen LogP contribution in [-0.4, -0.2) is 82.0 Å². The first-order valence-electron chi connectivity index (χ1n) is 14.5. The second kappa shape index (κ2) is 12.1. The number of aliphatic hydroxyl groups excluding tert-OH is 1. The van der Waals surface area contributed by atoms with E-state index in [1.807, 2.05) is 19.1 Å². The fourth-order valence-electron chi connectivity index (χ4n) is 6.03. The molecule has 9 nitrogen and oxygen atoms in total. The van der Waals surface area contributed by atoms with Gasteiger partial charge in [-0.25, -0.2) is 0 Å². The summed E-state index contributed by atoms with van der Waals surface area (Å²) in [6, 6.07) is 8.97. The molecule has 0 bridgehead atoms. The summed E-state index contributed by atoms with van der Waals surface area (Å²) in [5, 5.41) is 18.9. The van der Waals surface area contributed by atoms with Crippen LogP contribution in [0.5, 0.6) is 5.75 Å². The fourth-order valence-corrected chi connectivity index (χ4v) is 7.18. The number of thioether (sulfide) groups is 1. The SMILES string of the molecule is Cc1cc(COc2ccc(C(=O)NC3CCN(CCO)CC3C3=NC4CNC4C(=O)S3)cc2)c2c(n1)=CCC(C)C=2. The maximum absolute atomic E-state index is 13.3. The van der Waals surface area contributed by atoms with Gasteiger partial charge in [-0.05, 0) is 67.8 Å². The molecule has 2 aromatic rings. The Bertz CT molecular complexity index is 1480. The van der Waals surface area contributed by atoms with E-state index in [0.717, 1.165) is 46.3 Å². The van der Waals surface area contributed by atoms with Gasteiger partial charge in [0.15, 0.2) is 0 Å². The van der Waals surface area contributed by atoms with Crippen molar-refractivity contribution < 1.29 is 19.4 Å². The van der Waals surface area contributed by atoms with Gasteiger partial charge in [-0.3, -0.25) is 19.6 Å². The number of nitrogens with zero attached hydrogens (tertiary/aromatic N) is 3. The van der Waals surface area contributed by atoms with Crippen molar-refractivity contribution in [3.63, 3.8) is 0 Å². The molecule has 1 aliphatic carbocycles. The van der Waals surface area contributed by atoms with E-state index in [9.17, 15) is 14.7 Å². The number of carbonyl (C=O) groups is 2. The number of amides is 1. The number of hydrogen-bond acceptors (Lipinski definition) is 9. The molecular weight excluding hydrogens is 538 g/mol. The minimum Gasteiger partial charge on any atom is -0.489 e. The number of likely N-dealkylation sites (tertiary alicyclic amines) is 1. The van der Waals surface area contributed by atoms with Crippen LogP contribution >= 0.6 is 11.8 Å². The Hall–Kier alpha value is -3.05. The average molecular weight is 576 g/mol. The molecule has 0 spiro atoms. The number of hydrogen-bond donors (Lipinski definition) is 3. The van der Waals surface area contributed by atoms with E-state index in [1.165, 1.54) is 11.8 Å². The van der Waals surface area contributed by atoms with Crippen LogP contribution in [0.15, 0.2) is 35.3 Å². The van der Waals surface area contributed by atoms with Gasteiger partial charge in [0.1, 0.15) is 18.4 Å². The summed E-state index contributed by atoms with van der Waals surface area (Å²) in [6.07, 6.45) is 6.19. The summed E-state index contributed by atoms with van der Waals surface area (Å²) in [5.74, 6) is 0.921. The topological polar surface area (TPSA) is 116 Å². The largest absolute Gasteiger partial charge is 0.489 e. The summed E-state index contributed by atoms with van der Waals surface area (Å²) in [4.78, 5) is 37.6. The lowest BCUT2D eigenvalue weighted by Gasteiger charge is -2.43. The quantitative estimate of drug-likeness (QED) is 0.427. The molecule has 0 saturated carbocycles. The Labute approximate surface area is 244 Å². The number of carbonyl (C=O) groups excluding carboxylic acids is 2. The number of ether oxygens (including phenoxy) is 1. The minimum absolute atomic E-state index is 0.0168. The van der Waals surface area contributed by atoms with E-state index < -0.39 is 0 Å². The summed E-state index contributed by atoms with van der Waals surface area (Å²) in [5.41, 5.74) is 2.64. The van der Waals surface area contributed by atoms with Crippen LogP contribution < -0.4 is 25.9 Å². The number of fused-ring (bicyclic) bond motifs is 2. The summed E-state index contributed by atoms with van der Waals surface area (Å²) < 4.78 is 6.12. The zero-order valence-corrected chi connectivity index (χ0v) is 24.3. The monoisotopic (exact) mass is 575 g/mol. The molecular formula is C31H37N5O4S. The molecule has 216 valence electrons. The van der Waals surface area contributed by atoms with Crippen molar-refractivity contribution in [3.8, 4) is 5.75 Å². The second-order valence-electron chi connectivity index (χ2n) is 11.5. The molecule has 5 unspecified atom stereocenters. The number of pyridine rings is 1. The number of β-amino-alcohol motifs (C(OH)–C–C–N with tert-alkyl or cyclic N) is 1. The summed E-state index contributed by atoms with van der Waals surface area (Å²) in [7, 11) is 0. The standard InChI is InChI=1S/C31H37N5O4S/c1-18-3-8-25-23(13-18)21(14-19(2)33-25)17-40-22-6-4-20(5-7-22)29(38)34-26-9-10-36(11-12-37)16-24(26)30-35-27-15-32-28(27)31(39)41-30/h4-8,13-14,18,24,26-28,32,37H,3,9-12,15-17H2,1-2H3,(H,34,38). The molecule has 1 aromatic carbocycles. The van der Waals surface area contributed by atoms with Gasteiger partial charge in [0.05, 0.1) is 23.0 Å². The summed E-state index contributed by atoms with van der Waals surface area (Å²) >= 11 is 1.20. The lowest BCUT2D eigenvalue weighted by atomic mass is 9.91. The molecule has 5 atom stereocenters. The highest BCUT2D eigenvalue weighted by molar-refractivity contribution is 8.26. The summed E-state index contributed by atoms with van der Waals surface area (Å²) in [6.45, 7) is 7.39. The molecule has 6 rings (SSSR count). The minimum atomic E-state index is -0.192. The Morgan fingerprint density at radius 2 is 2.12 bits per heavy atom. The van der Waals surface area contributed by atoms with Crippen molar-refractivity contribution in [2.45, 2.75) is 51.4 Å². The van der Waals surface area contributed by atoms with Crippen LogP contribution in [0.4, 0.5) is 0 Å². The van der Waals surface area contributed by atoms with Crippen molar-refractivity contribution in [2.24, 2.45) is 16.8 Å². The van der Waals surface area contributed by atoms with Crippen LogP contribution in [0, 0.1) is 18.8 Å². The zero-order chi connectivity index (χ0) is 28.5. The van der Waals surface area contributed by atoms with Crippen LogP contribution in [0.1, 0.15) is 41.4 Å². The average Bonchev–Trinajstić information content (AvgIpc) is 2.94. The van der Waals surface area contributed by atoms with Crippen LogP contribution in [0.2, 0.25) is 0 Å². The van der Waals surface area contributed by atoms with Gasteiger partial charge in [0, 0.05) is 60.2 Å². The number of aryl methyl sites for hydroxylation is 1. The van der Waals surface area contributed by atoms with Gasteiger partial charge >= 0.3 is 0 Å². The Balaban J connectivity index is 1.12. The fraction of sp³-hybridized carbons (Fsp3) is 0.484. The first-order valence-corrected chi connectivity index (χ1v) is 15.3. The number of benzene rings is 1. The third-order valence-corrected chi connectivity index (χ3v) is 9.45. The Morgan fingerprint density at radius 1 is 1.29 bits per heavy atom. The Kier molecular flexibility index (Phi) is 8.26. The Morgan fingerprint density at radius 3 is 2.85 bits per heavy atom. The highest BCUT2D eigenvalue weighted by Gasteiger charge is 2.44. The van der Waals surface area contributed by atoms with Crippen molar-refractivity contribution >= 4 is 40.0 Å². The van der Waals surface area contributed by atoms with E-state index in [1.54, 1.807) is 12.1 Å². The molecule has 0 radical (unpaired) electrons. The number of aromatic nitrogens is 1. The predicted octanol–water partition coefficient (Wildman–Crippen LogP) is 0.995. The zero-order valence-electron chi connectivity index (χ0n) is 23.5. The van der Waals surface area contributed by atoms with Gasteiger partial charge in [0.2, 0.25) is 5.12 Å². The van der Waals surface area contributed by atoms with Crippen LogP contribution in [-0.2, 0) is 11.4 Å². The third kappa shape index (κ3) is 6.11. The van der Waals surface area contributed by atoms with Gasteiger partial charge in [-0.1, -0.05) is 19.1 Å². The van der Waals surface area contributed by atoms with Crippen molar-refractivity contribution in [1.82, 2.24) is 20.5 Å². The number of aliphatic hydroxyl groups is 1. The molecule has 3 aliphatic heterocycles. The number of nitrogens with one attached hydrogen (secondary N) is 2. The highest BCUT2D eigenvalue weighted by Crippen LogP contribution is 2.32. The lowest BCUT2D eigenvalue weighted by Crippen LogP contribution is -2.63. The van der Waals surface area contributed by atoms with E-state index >= 15 is 0 Å². The predicted molar refractivity (Wildman–Crippen MR) is 160 cm³/mol. The van der Waals surface area contributed by atoms with Crippen molar-refractivity contribution in [3.05, 3.63) is 57.7 Å². The van der Waals surface area contributed by atoms with Gasteiger partial charge in [-0.15, -0.1) is 0 Å². The first kappa shape index (κ1) is 28.1. The van der Waals surface area contributed by atoms with E-state index in [-0.39, 0.29) is 41.7 Å². The molecule has 4 heterocycles. The maximum atomic E-state index is 13.3. The highest BCUT2D eigenvalue weighted by atomic mass is 32.2. The molecule has 3 N–H and O–H groups in total. The second-order valence-corrected chi connectivity index (χ2v) is 12.5. The molecule has 2 fully saturated rings.